The summed E-state index contributed by atoms with van der Waals surface area (Å²) < 4.78 is 0. The first-order valence-corrected chi connectivity index (χ1v) is 7.14. The molecule has 1 amide bonds. The topological polar surface area (TPSA) is 64.3 Å². The summed E-state index contributed by atoms with van der Waals surface area (Å²) in [6, 6.07) is -0.128. The van der Waals surface area contributed by atoms with Gasteiger partial charge in [0.25, 0.3) is 0 Å². The molecule has 6 nitrogen and oxygen atoms in total. The second-order valence-corrected chi connectivity index (χ2v) is 5.38. The van der Waals surface area contributed by atoms with E-state index in [1.807, 2.05) is 11.0 Å². The Balaban J connectivity index is 1.56. The molecule has 0 aromatic carbocycles. The summed E-state index contributed by atoms with van der Waals surface area (Å²) in [6.07, 6.45) is 4.30. The number of imidazole rings is 1. The van der Waals surface area contributed by atoms with Gasteiger partial charge in [0.2, 0.25) is 5.91 Å². The Hall–Kier alpha value is -1.66. The third-order valence-electron chi connectivity index (χ3n) is 4.10. The third kappa shape index (κ3) is 2.62. The molecule has 1 unspecified atom stereocenters. The maximum absolute atomic E-state index is 12.5. The number of amides is 1. The average molecular weight is 275 g/mol. The minimum atomic E-state index is -0.128. The van der Waals surface area contributed by atoms with Crippen LogP contribution in [0.2, 0.25) is 0 Å². The van der Waals surface area contributed by atoms with Gasteiger partial charge < -0.3 is 9.88 Å². The van der Waals surface area contributed by atoms with E-state index >= 15 is 0 Å². The van der Waals surface area contributed by atoms with Gasteiger partial charge in [-0.2, -0.15) is 0 Å². The molecular formula is C14H21N5O. The van der Waals surface area contributed by atoms with E-state index in [0.717, 1.165) is 44.1 Å². The van der Waals surface area contributed by atoms with E-state index in [0.29, 0.717) is 13.0 Å². The summed E-state index contributed by atoms with van der Waals surface area (Å²) in [5.41, 5.74) is 2.12. The Kier molecular flexibility index (Phi) is 3.84. The molecule has 2 N–H and O–H groups in total. The molecule has 1 aromatic rings. The quantitative estimate of drug-likeness (QED) is 0.747. The number of hydrogen-bond acceptors (Lipinski definition) is 4. The molecule has 1 fully saturated rings. The van der Waals surface area contributed by atoms with Gasteiger partial charge in [-0.1, -0.05) is 6.08 Å². The molecule has 108 valence electrons. The highest BCUT2D eigenvalue weighted by molar-refractivity contribution is 5.82. The zero-order valence-electron chi connectivity index (χ0n) is 11.6. The Bertz CT molecular complexity index is 490. The average Bonchev–Trinajstić information content (AvgIpc) is 2.95. The van der Waals surface area contributed by atoms with Gasteiger partial charge in [-0.25, -0.2) is 4.98 Å². The maximum atomic E-state index is 12.5. The fraction of sp³-hybridized carbons (Fsp3) is 0.571. The molecule has 6 heteroatoms. The van der Waals surface area contributed by atoms with Crippen LogP contribution in [0.25, 0.3) is 0 Å². The lowest BCUT2D eigenvalue weighted by atomic mass is 10.0. The predicted octanol–water partition coefficient (Wildman–Crippen LogP) is -0.246. The first-order valence-electron chi connectivity index (χ1n) is 7.14. The van der Waals surface area contributed by atoms with E-state index in [1.165, 1.54) is 0 Å². The zero-order chi connectivity index (χ0) is 13.9. The minimum absolute atomic E-state index is 0.128. The van der Waals surface area contributed by atoms with Crippen LogP contribution in [0.3, 0.4) is 0 Å². The van der Waals surface area contributed by atoms with E-state index in [-0.39, 0.29) is 11.9 Å². The van der Waals surface area contributed by atoms with Crippen molar-refractivity contribution in [1.82, 2.24) is 25.1 Å². The largest absolute Gasteiger partial charge is 0.347 e. The number of rotatable bonds is 3. The molecule has 0 aliphatic carbocycles. The van der Waals surface area contributed by atoms with Crippen LogP contribution in [0, 0.1) is 0 Å². The molecule has 0 bridgehead atoms. The molecule has 20 heavy (non-hydrogen) atoms. The number of nitrogens with zero attached hydrogens (tertiary/aromatic N) is 3. The van der Waals surface area contributed by atoms with Crippen molar-refractivity contribution in [2.45, 2.75) is 19.0 Å². The summed E-state index contributed by atoms with van der Waals surface area (Å²) in [6.45, 7) is 8.82. The molecule has 1 saturated heterocycles. The predicted molar refractivity (Wildman–Crippen MR) is 76.1 cm³/mol. The van der Waals surface area contributed by atoms with Crippen LogP contribution in [0.4, 0.5) is 0 Å². The van der Waals surface area contributed by atoms with Crippen LogP contribution >= 0.6 is 0 Å². The van der Waals surface area contributed by atoms with Crippen molar-refractivity contribution in [3.05, 3.63) is 30.4 Å². The maximum Gasteiger partial charge on any atom is 0.240 e. The lowest BCUT2D eigenvalue weighted by Gasteiger charge is -2.36. The van der Waals surface area contributed by atoms with Crippen molar-refractivity contribution < 1.29 is 4.79 Å². The van der Waals surface area contributed by atoms with E-state index in [9.17, 15) is 4.79 Å². The summed E-state index contributed by atoms with van der Waals surface area (Å²) >= 11 is 0. The number of hydrogen-bond donors (Lipinski definition) is 2. The highest BCUT2D eigenvalue weighted by atomic mass is 16.2. The van der Waals surface area contributed by atoms with Crippen LogP contribution < -0.4 is 5.32 Å². The first kappa shape index (κ1) is 13.3. The Labute approximate surface area is 118 Å². The van der Waals surface area contributed by atoms with Gasteiger partial charge in [-0.3, -0.25) is 15.0 Å². The van der Waals surface area contributed by atoms with E-state index in [4.69, 9.17) is 0 Å². The van der Waals surface area contributed by atoms with Crippen molar-refractivity contribution >= 4 is 5.91 Å². The lowest BCUT2D eigenvalue weighted by Crippen LogP contribution is -2.55. The highest BCUT2D eigenvalue weighted by Gasteiger charge is 2.30. The molecule has 1 aromatic heterocycles. The van der Waals surface area contributed by atoms with Crippen molar-refractivity contribution in [3.63, 3.8) is 0 Å². The molecular weight excluding hydrogens is 254 g/mol. The monoisotopic (exact) mass is 275 g/mol. The van der Waals surface area contributed by atoms with Gasteiger partial charge in [0, 0.05) is 45.7 Å². The van der Waals surface area contributed by atoms with Crippen molar-refractivity contribution in [3.8, 4) is 0 Å². The third-order valence-corrected chi connectivity index (χ3v) is 4.10. The van der Waals surface area contributed by atoms with Crippen LogP contribution in [-0.4, -0.2) is 64.4 Å². The SMILES string of the molecule is C=CCN1CCN(C(=O)C2Cc3nc[nH]c3CN2)CC1. The number of H-pyrrole nitrogens is 1. The van der Waals surface area contributed by atoms with Gasteiger partial charge >= 0.3 is 0 Å². The highest BCUT2D eigenvalue weighted by Crippen LogP contribution is 2.14. The summed E-state index contributed by atoms with van der Waals surface area (Å²) in [4.78, 5) is 24.2. The van der Waals surface area contributed by atoms with Crippen LogP contribution in [-0.2, 0) is 17.8 Å². The van der Waals surface area contributed by atoms with Gasteiger partial charge in [0.1, 0.15) is 0 Å². The fourth-order valence-electron chi connectivity index (χ4n) is 2.90. The number of aromatic nitrogens is 2. The Morgan fingerprint density at radius 3 is 3.00 bits per heavy atom. The van der Waals surface area contributed by atoms with Gasteiger partial charge in [-0.15, -0.1) is 6.58 Å². The van der Waals surface area contributed by atoms with Crippen molar-refractivity contribution in [1.29, 1.82) is 0 Å². The molecule has 0 radical (unpaired) electrons. The number of nitrogens with one attached hydrogen (secondary N) is 2. The van der Waals surface area contributed by atoms with Crippen molar-refractivity contribution in [2.24, 2.45) is 0 Å². The smallest absolute Gasteiger partial charge is 0.240 e. The number of carbonyl (C=O) groups excluding carboxylic acids is 1. The van der Waals surface area contributed by atoms with Crippen LogP contribution in [0.5, 0.6) is 0 Å². The van der Waals surface area contributed by atoms with E-state index in [2.05, 4.69) is 26.8 Å². The van der Waals surface area contributed by atoms with Gasteiger partial charge in [-0.05, 0) is 0 Å². The second kappa shape index (κ2) is 5.76. The second-order valence-electron chi connectivity index (χ2n) is 5.38. The molecule has 3 rings (SSSR count). The summed E-state index contributed by atoms with van der Waals surface area (Å²) in [5.74, 6) is 0.205. The standard InChI is InChI=1S/C14H21N5O/c1-2-3-18-4-6-19(7-5-18)14(20)12-8-11-13(9-15-12)17-10-16-11/h2,10,12,15H,1,3-9H2,(H,16,17). The lowest BCUT2D eigenvalue weighted by molar-refractivity contribution is -0.135. The van der Waals surface area contributed by atoms with E-state index in [1.54, 1.807) is 6.33 Å². The van der Waals surface area contributed by atoms with Crippen LogP contribution in [0.15, 0.2) is 19.0 Å². The first-order chi connectivity index (χ1) is 9.78. The van der Waals surface area contributed by atoms with Crippen molar-refractivity contribution in [2.75, 3.05) is 32.7 Å². The molecule has 3 heterocycles. The minimum Gasteiger partial charge on any atom is -0.347 e. The number of fused-ring (bicyclic) bond motifs is 1. The molecule has 2 aliphatic rings. The Morgan fingerprint density at radius 2 is 2.25 bits per heavy atom. The summed E-state index contributed by atoms with van der Waals surface area (Å²) in [7, 11) is 0. The van der Waals surface area contributed by atoms with Gasteiger partial charge in [0.05, 0.1) is 23.8 Å². The zero-order valence-corrected chi connectivity index (χ0v) is 11.6. The fourth-order valence-corrected chi connectivity index (χ4v) is 2.90. The molecule has 0 spiro atoms. The Morgan fingerprint density at radius 1 is 1.45 bits per heavy atom. The molecule has 0 saturated carbocycles. The van der Waals surface area contributed by atoms with E-state index < -0.39 is 0 Å². The summed E-state index contributed by atoms with van der Waals surface area (Å²) in [5, 5.41) is 3.30. The molecule has 2 aliphatic heterocycles. The molecule has 1 atom stereocenters. The number of aromatic amines is 1. The number of carbonyl (C=O) groups is 1. The normalized spacial score (nSPS) is 23.4. The van der Waals surface area contributed by atoms with Gasteiger partial charge in [0.15, 0.2) is 0 Å². The number of piperazine rings is 1. The van der Waals surface area contributed by atoms with Crippen LogP contribution in [0.1, 0.15) is 11.4 Å².